The topological polar surface area (TPSA) is 39.2 Å². The molecule has 0 spiro atoms. The van der Waals surface area contributed by atoms with Crippen molar-refractivity contribution in [2.75, 3.05) is 0 Å². The zero-order chi connectivity index (χ0) is 20.4. The number of imidazole rings is 1. The van der Waals surface area contributed by atoms with Gasteiger partial charge in [0.2, 0.25) is 0 Å². The normalized spacial score (nSPS) is 41.1. The first-order chi connectivity index (χ1) is 13.9. The molecule has 0 unspecified atom stereocenters. The smallest absolute Gasteiger partial charge is 0.254 e. The second-order valence-electron chi connectivity index (χ2n) is 10.5. The van der Waals surface area contributed by atoms with Crippen molar-refractivity contribution in [1.29, 1.82) is 0 Å². The largest absolute Gasteiger partial charge is 0.362 e. The van der Waals surface area contributed by atoms with Crippen LogP contribution in [0.5, 0.6) is 0 Å². The summed E-state index contributed by atoms with van der Waals surface area (Å²) in [5.41, 5.74) is 3.95. The van der Waals surface area contributed by atoms with Crippen molar-refractivity contribution in [3.8, 4) is 0 Å². The van der Waals surface area contributed by atoms with Gasteiger partial charge in [0.15, 0.2) is 6.33 Å². The van der Waals surface area contributed by atoms with E-state index in [1.807, 2.05) is 4.57 Å². The van der Waals surface area contributed by atoms with Gasteiger partial charge in [-0.25, -0.2) is 4.98 Å². The quantitative estimate of drug-likeness (QED) is 0.351. The predicted molar refractivity (Wildman–Crippen MR) is 114 cm³/mol. The molecule has 0 aliphatic heterocycles. The zero-order valence-electron chi connectivity index (χ0n) is 17.8. The fraction of sp³-hybridized carbons (Fsp3) is 0.640. The maximum atomic E-state index is 12.1. The molecule has 1 aromatic rings. The Morgan fingerprint density at radius 3 is 2.76 bits per heavy atom. The van der Waals surface area contributed by atoms with Crippen molar-refractivity contribution in [3.63, 3.8) is 0 Å². The Labute approximate surface area is 173 Å². The highest BCUT2D eigenvalue weighted by atomic mass is 16.1. The van der Waals surface area contributed by atoms with Crippen molar-refractivity contribution in [2.45, 2.75) is 65.7 Å². The molecule has 0 N–H and O–H groups in total. The van der Waals surface area contributed by atoms with E-state index >= 15 is 0 Å². The molecule has 0 radical (unpaired) electrons. The van der Waals surface area contributed by atoms with Crippen molar-refractivity contribution < 1.29 is 4.79 Å². The Kier molecular flexibility index (Phi) is 4.18. The minimum Gasteiger partial charge on any atom is -0.362 e. The van der Waals surface area contributed by atoms with Crippen molar-refractivity contribution in [2.24, 2.45) is 34.5 Å². The van der Waals surface area contributed by atoms with Gasteiger partial charge >= 0.3 is 0 Å². The summed E-state index contributed by atoms with van der Waals surface area (Å²) in [4.78, 5) is 20.0. The highest BCUT2D eigenvalue weighted by Crippen LogP contribution is 2.67. The van der Waals surface area contributed by atoms with Crippen LogP contribution in [0.4, 0.5) is 5.82 Å². The molecule has 0 bridgehead atoms. The number of hydrogen-bond acceptors (Lipinski definition) is 2. The number of hydrogen-bond donors (Lipinski definition) is 0. The summed E-state index contributed by atoms with van der Waals surface area (Å²) in [6.07, 6.45) is 15.2. The molecule has 152 valence electrons. The summed E-state index contributed by atoms with van der Waals surface area (Å²) in [5, 5.41) is 0. The monoisotopic (exact) mass is 389 g/mol. The summed E-state index contributed by atoms with van der Waals surface area (Å²) in [7, 11) is 0. The summed E-state index contributed by atoms with van der Waals surface area (Å²) in [6.45, 7) is 14.8. The first-order valence-electron chi connectivity index (χ1n) is 11.2. The van der Waals surface area contributed by atoms with E-state index in [1.165, 1.54) is 25.7 Å². The van der Waals surface area contributed by atoms with Crippen LogP contribution >= 0.6 is 0 Å². The van der Waals surface area contributed by atoms with Gasteiger partial charge in [-0.1, -0.05) is 39.0 Å². The predicted octanol–water partition coefficient (Wildman–Crippen LogP) is 6.05. The van der Waals surface area contributed by atoms with Gasteiger partial charge in [-0.2, -0.15) is 0 Å². The van der Waals surface area contributed by atoms with Crippen LogP contribution in [0.25, 0.3) is 10.5 Å². The number of aldehydes is 1. The van der Waals surface area contributed by atoms with Gasteiger partial charge in [0.05, 0.1) is 6.20 Å². The van der Waals surface area contributed by atoms with Crippen LogP contribution < -0.4 is 0 Å². The first kappa shape index (κ1) is 18.9. The van der Waals surface area contributed by atoms with E-state index in [-0.39, 0.29) is 5.41 Å². The lowest BCUT2D eigenvalue weighted by Gasteiger charge is -2.57. The third-order valence-electron chi connectivity index (χ3n) is 9.14. The van der Waals surface area contributed by atoms with Gasteiger partial charge in [0, 0.05) is 11.0 Å². The Hall–Kier alpha value is -2.15. The number of nitrogens with zero attached hydrogens (tertiary/aromatic N) is 3. The first-order valence-corrected chi connectivity index (χ1v) is 11.2. The maximum absolute atomic E-state index is 12.1. The SMILES string of the molecule is [C-]#[N+]c1cncn1C1=C(C=O)C[C@H]2[C@@H]3CC=C4C[C@@H](C)CC[C@]4(C)[C@H]3CC[C@]12C. The van der Waals surface area contributed by atoms with Crippen LogP contribution in [0.2, 0.25) is 0 Å². The van der Waals surface area contributed by atoms with Gasteiger partial charge in [0.1, 0.15) is 12.0 Å². The lowest BCUT2D eigenvalue weighted by Crippen LogP contribution is -2.49. The third-order valence-corrected chi connectivity index (χ3v) is 9.14. The van der Waals surface area contributed by atoms with Gasteiger partial charge in [0.25, 0.3) is 5.82 Å². The van der Waals surface area contributed by atoms with Crippen LogP contribution in [0.15, 0.2) is 29.7 Å². The number of carbonyl (C=O) groups is 1. The van der Waals surface area contributed by atoms with Crippen LogP contribution in [0.3, 0.4) is 0 Å². The molecular formula is C25H31N3O. The molecular weight excluding hydrogens is 358 g/mol. The third kappa shape index (κ3) is 2.49. The Balaban J connectivity index is 1.55. The van der Waals surface area contributed by atoms with Gasteiger partial charge < -0.3 is 4.85 Å². The molecule has 6 atom stereocenters. The van der Waals surface area contributed by atoms with Crippen LogP contribution in [-0.4, -0.2) is 15.8 Å². The molecule has 4 heteroatoms. The number of carbonyl (C=O) groups excluding carboxylic acids is 1. The molecule has 0 amide bonds. The van der Waals surface area contributed by atoms with Gasteiger partial charge in [-0.05, 0) is 74.0 Å². The van der Waals surface area contributed by atoms with E-state index in [2.05, 4.69) is 36.7 Å². The van der Waals surface area contributed by atoms with E-state index < -0.39 is 0 Å². The van der Waals surface area contributed by atoms with Gasteiger partial charge in [-0.15, -0.1) is 0 Å². The van der Waals surface area contributed by atoms with Crippen molar-refractivity contribution in [1.82, 2.24) is 9.55 Å². The van der Waals surface area contributed by atoms with Crippen LogP contribution in [-0.2, 0) is 4.79 Å². The van der Waals surface area contributed by atoms with E-state index in [0.29, 0.717) is 23.1 Å². The highest BCUT2D eigenvalue weighted by Gasteiger charge is 2.59. The molecule has 2 saturated carbocycles. The second-order valence-corrected chi connectivity index (χ2v) is 10.5. The molecule has 5 rings (SSSR count). The molecule has 4 nitrogen and oxygen atoms in total. The minimum absolute atomic E-state index is 0.0544. The lowest BCUT2D eigenvalue weighted by molar-refractivity contribution is -0.105. The molecule has 4 aliphatic rings. The van der Waals surface area contributed by atoms with Crippen molar-refractivity contribution >= 4 is 17.8 Å². The number of allylic oxidation sites excluding steroid dienone is 4. The number of rotatable bonds is 2. The maximum Gasteiger partial charge on any atom is 0.254 e. The lowest BCUT2D eigenvalue weighted by atomic mass is 9.47. The summed E-state index contributed by atoms with van der Waals surface area (Å²) < 4.78 is 1.91. The Bertz CT molecular complexity index is 963. The van der Waals surface area contributed by atoms with Crippen LogP contribution in [0.1, 0.15) is 65.7 Å². The number of aromatic nitrogens is 2. The highest BCUT2D eigenvalue weighted by molar-refractivity contribution is 5.87. The molecule has 29 heavy (non-hydrogen) atoms. The van der Waals surface area contributed by atoms with Gasteiger partial charge in [-0.3, -0.25) is 9.36 Å². The molecule has 4 aliphatic carbocycles. The zero-order valence-corrected chi connectivity index (χ0v) is 17.8. The van der Waals surface area contributed by atoms with E-state index in [9.17, 15) is 4.79 Å². The average Bonchev–Trinajstić information content (AvgIpc) is 3.29. The fourth-order valence-corrected chi connectivity index (χ4v) is 7.61. The average molecular weight is 390 g/mol. The number of fused-ring (bicyclic) bond motifs is 5. The molecule has 0 saturated heterocycles. The Morgan fingerprint density at radius 2 is 2.00 bits per heavy atom. The fourth-order valence-electron chi connectivity index (χ4n) is 7.61. The molecule has 2 fully saturated rings. The summed E-state index contributed by atoms with van der Waals surface area (Å²) >= 11 is 0. The van der Waals surface area contributed by atoms with E-state index in [0.717, 1.165) is 48.7 Å². The molecule has 1 aromatic heterocycles. The molecule has 0 aromatic carbocycles. The molecule has 1 heterocycles. The summed E-state index contributed by atoms with van der Waals surface area (Å²) in [6, 6.07) is 0. The second kappa shape index (κ2) is 6.42. The van der Waals surface area contributed by atoms with Crippen molar-refractivity contribution in [3.05, 3.63) is 41.2 Å². The van der Waals surface area contributed by atoms with E-state index in [4.69, 9.17) is 6.57 Å². The van der Waals surface area contributed by atoms with Crippen LogP contribution in [0, 0.1) is 41.1 Å². The minimum atomic E-state index is -0.0544. The van der Waals surface area contributed by atoms with E-state index in [1.54, 1.807) is 18.1 Å². The standard InChI is InChI=1S/C25H31N3O/c1-16-7-9-24(2)18(11-16)5-6-19-20(24)8-10-25(3)21(19)12-17(14-29)23(25)28-15-27-13-22(28)26-4/h5,13-16,19-21H,6-12H2,1-3H3/t16-,19+,20-,21-,24-,25-/m0/s1. The Morgan fingerprint density at radius 1 is 1.21 bits per heavy atom. The summed E-state index contributed by atoms with van der Waals surface area (Å²) in [5.74, 6) is 3.16.